The minimum absolute atomic E-state index is 0.0408. The molecule has 0 aliphatic heterocycles. The fourth-order valence-corrected chi connectivity index (χ4v) is 5.39. The molecular formula is C26H38O4. The van der Waals surface area contributed by atoms with E-state index in [0.717, 1.165) is 50.2 Å². The molecule has 0 saturated heterocycles. The molecule has 0 aromatic heterocycles. The first-order chi connectivity index (χ1) is 14.8. The third-order valence-corrected chi connectivity index (χ3v) is 7.33. The van der Waals surface area contributed by atoms with Crippen LogP contribution in [0.15, 0.2) is 24.3 Å². The van der Waals surface area contributed by atoms with Crippen LogP contribution in [0.25, 0.3) is 0 Å². The van der Waals surface area contributed by atoms with E-state index in [1.54, 1.807) is 0 Å². The lowest BCUT2D eigenvalue weighted by Crippen LogP contribution is -2.31. The van der Waals surface area contributed by atoms with E-state index in [-0.39, 0.29) is 24.1 Å². The molecule has 0 radical (unpaired) electrons. The van der Waals surface area contributed by atoms with Crippen molar-refractivity contribution in [3.63, 3.8) is 0 Å². The Balaban J connectivity index is 1.12. The fraction of sp³-hybridized carbons (Fsp3) is 0.731. The predicted octanol–water partition coefficient (Wildman–Crippen LogP) is 6.52. The third-order valence-electron chi connectivity index (χ3n) is 7.33. The first-order valence-corrected chi connectivity index (χ1v) is 12.3. The average molecular weight is 415 g/mol. The van der Waals surface area contributed by atoms with Crippen LogP contribution in [0.5, 0.6) is 5.75 Å². The second kappa shape index (κ2) is 11.2. The molecule has 3 aliphatic rings. The zero-order valence-corrected chi connectivity index (χ0v) is 18.4. The Kier molecular flexibility index (Phi) is 8.08. The van der Waals surface area contributed by atoms with E-state index in [1.807, 2.05) is 0 Å². The maximum atomic E-state index is 12.3. The Morgan fingerprint density at radius 3 is 2.00 bits per heavy atom. The topological polar surface area (TPSA) is 44.8 Å². The van der Waals surface area contributed by atoms with Gasteiger partial charge in [0.15, 0.2) is 6.79 Å². The molecule has 166 valence electrons. The van der Waals surface area contributed by atoms with Gasteiger partial charge >= 0.3 is 5.97 Å². The standard InChI is InChI=1S/C26H38O4/c27-26(22-9-5-2-6-10-22)30-25-17-15-24(16-18-25)29-19-28-23-13-11-21(12-14-23)20-7-3-1-4-8-20/h11-14,20,22,24-25H,1-10,15-19H2. The SMILES string of the molecule is O=C(OC1CCC(OCOc2ccc(C3CCCCC3)cc2)CC1)C1CCCCC1. The van der Waals surface area contributed by atoms with Crippen LogP contribution in [0.2, 0.25) is 0 Å². The third kappa shape index (κ3) is 6.23. The van der Waals surface area contributed by atoms with Crippen molar-refractivity contribution in [2.24, 2.45) is 5.92 Å². The second-order valence-electron chi connectivity index (χ2n) is 9.50. The summed E-state index contributed by atoms with van der Waals surface area (Å²) in [6, 6.07) is 8.60. The minimum atomic E-state index is 0.0408. The molecule has 0 unspecified atom stereocenters. The van der Waals surface area contributed by atoms with Crippen molar-refractivity contribution in [1.29, 1.82) is 0 Å². The molecular weight excluding hydrogens is 376 g/mol. The molecule has 0 spiro atoms. The number of carbonyl (C=O) groups is 1. The Hall–Kier alpha value is -1.55. The predicted molar refractivity (Wildman–Crippen MR) is 118 cm³/mol. The van der Waals surface area contributed by atoms with Crippen molar-refractivity contribution in [2.45, 2.75) is 108 Å². The summed E-state index contributed by atoms with van der Waals surface area (Å²) in [5.41, 5.74) is 1.45. The van der Waals surface area contributed by atoms with Gasteiger partial charge in [-0.25, -0.2) is 0 Å². The van der Waals surface area contributed by atoms with E-state index in [1.165, 1.54) is 56.9 Å². The molecule has 3 saturated carbocycles. The van der Waals surface area contributed by atoms with E-state index in [0.29, 0.717) is 6.79 Å². The average Bonchev–Trinajstić information content (AvgIpc) is 2.82. The monoisotopic (exact) mass is 414 g/mol. The van der Waals surface area contributed by atoms with Crippen LogP contribution in [-0.4, -0.2) is 25.0 Å². The van der Waals surface area contributed by atoms with Gasteiger partial charge in [0, 0.05) is 0 Å². The van der Waals surface area contributed by atoms with Crippen LogP contribution >= 0.6 is 0 Å². The van der Waals surface area contributed by atoms with Gasteiger partial charge in [-0.2, -0.15) is 0 Å². The molecule has 0 N–H and O–H groups in total. The highest BCUT2D eigenvalue weighted by Gasteiger charge is 2.28. The van der Waals surface area contributed by atoms with Gasteiger partial charge in [-0.3, -0.25) is 4.79 Å². The maximum Gasteiger partial charge on any atom is 0.309 e. The summed E-state index contributed by atoms with van der Waals surface area (Å²) in [6.45, 7) is 0.292. The number of hydrogen-bond donors (Lipinski definition) is 0. The van der Waals surface area contributed by atoms with Crippen LogP contribution in [0.3, 0.4) is 0 Å². The summed E-state index contributed by atoms with van der Waals surface area (Å²) in [4.78, 5) is 12.3. The summed E-state index contributed by atoms with van der Waals surface area (Å²) in [5, 5.41) is 0. The maximum absolute atomic E-state index is 12.3. The van der Waals surface area contributed by atoms with Crippen LogP contribution < -0.4 is 4.74 Å². The largest absolute Gasteiger partial charge is 0.468 e. The molecule has 1 aromatic rings. The summed E-state index contributed by atoms with van der Waals surface area (Å²) in [5.74, 6) is 1.79. The highest BCUT2D eigenvalue weighted by molar-refractivity contribution is 5.72. The van der Waals surface area contributed by atoms with E-state index in [9.17, 15) is 4.79 Å². The van der Waals surface area contributed by atoms with Crippen LogP contribution in [0.4, 0.5) is 0 Å². The number of rotatable bonds is 7. The van der Waals surface area contributed by atoms with Gasteiger partial charge in [0.1, 0.15) is 11.9 Å². The highest BCUT2D eigenvalue weighted by atomic mass is 16.7. The first kappa shape index (κ1) is 21.7. The van der Waals surface area contributed by atoms with Crippen molar-refractivity contribution in [3.05, 3.63) is 29.8 Å². The molecule has 3 aliphatic carbocycles. The number of hydrogen-bond acceptors (Lipinski definition) is 4. The number of ether oxygens (including phenoxy) is 3. The van der Waals surface area contributed by atoms with Gasteiger partial charge in [0.25, 0.3) is 0 Å². The van der Waals surface area contributed by atoms with E-state index in [4.69, 9.17) is 14.2 Å². The van der Waals surface area contributed by atoms with Crippen molar-refractivity contribution in [1.82, 2.24) is 0 Å². The van der Waals surface area contributed by atoms with Crippen molar-refractivity contribution in [2.75, 3.05) is 6.79 Å². The Bertz CT molecular complexity index is 636. The fourth-order valence-electron chi connectivity index (χ4n) is 5.39. The van der Waals surface area contributed by atoms with Crippen molar-refractivity contribution < 1.29 is 19.0 Å². The van der Waals surface area contributed by atoms with Crippen molar-refractivity contribution in [3.8, 4) is 5.75 Å². The molecule has 0 heterocycles. The van der Waals surface area contributed by atoms with Crippen LogP contribution in [0.1, 0.15) is 101 Å². The van der Waals surface area contributed by atoms with Crippen molar-refractivity contribution >= 4 is 5.97 Å². The van der Waals surface area contributed by atoms with Gasteiger partial charge in [-0.15, -0.1) is 0 Å². The quantitative estimate of drug-likeness (QED) is 0.376. The van der Waals surface area contributed by atoms with Crippen LogP contribution in [-0.2, 0) is 14.3 Å². The molecule has 4 rings (SSSR count). The van der Waals surface area contributed by atoms with Gasteiger partial charge in [-0.1, -0.05) is 50.7 Å². The number of benzene rings is 1. The number of esters is 1. The molecule has 3 fully saturated rings. The molecule has 30 heavy (non-hydrogen) atoms. The Morgan fingerprint density at radius 1 is 0.733 bits per heavy atom. The normalized spacial score (nSPS) is 26.3. The first-order valence-electron chi connectivity index (χ1n) is 12.3. The lowest BCUT2D eigenvalue weighted by molar-refractivity contribution is -0.159. The zero-order chi connectivity index (χ0) is 20.6. The molecule has 4 nitrogen and oxygen atoms in total. The van der Waals surface area contributed by atoms with Gasteiger partial charge in [0.2, 0.25) is 0 Å². The van der Waals surface area contributed by atoms with Gasteiger partial charge in [0.05, 0.1) is 12.0 Å². The summed E-state index contributed by atoms with van der Waals surface area (Å²) in [6.07, 6.45) is 16.3. The van der Waals surface area contributed by atoms with Gasteiger partial charge in [-0.05, 0) is 75.0 Å². The van der Waals surface area contributed by atoms with E-state index in [2.05, 4.69) is 24.3 Å². The Labute approximate surface area is 181 Å². The zero-order valence-electron chi connectivity index (χ0n) is 18.4. The lowest BCUT2D eigenvalue weighted by atomic mass is 9.84. The van der Waals surface area contributed by atoms with Gasteiger partial charge < -0.3 is 14.2 Å². The number of carbonyl (C=O) groups excluding carboxylic acids is 1. The molecule has 4 heteroatoms. The molecule has 0 amide bonds. The Morgan fingerprint density at radius 2 is 1.33 bits per heavy atom. The van der Waals surface area contributed by atoms with E-state index < -0.39 is 0 Å². The summed E-state index contributed by atoms with van der Waals surface area (Å²) in [7, 11) is 0. The van der Waals surface area contributed by atoms with Crippen LogP contribution in [0, 0.1) is 5.92 Å². The summed E-state index contributed by atoms with van der Waals surface area (Å²) >= 11 is 0. The summed E-state index contributed by atoms with van der Waals surface area (Å²) < 4.78 is 17.5. The minimum Gasteiger partial charge on any atom is -0.468 e. The van der Waals surface area contributed by atoms with E-state index >= 15 is 0 Å². The smallest absolute Gasteiger partial charge is 0.309 e. The molecule has 0 atom stereocenters. The molecule has 1 aromatic carbocycles. The lowest BCUT2D eigenvalue weighted by Gasteiger charge is -2.30. The molecule has 0 bridgehead atoms. The highest BCUT2D eigenvalue weighted by Crippen LogP contribution is 2.33. The second-order valence-corrected chi connectivity index (χ2v) is 9.50.